The van der Waals surface area contributed by atoms with E-state index in [1.54, 1.807) is 13.0 Å². The zero-order valence-electron chi connectivity index (χ0n) is 8.81. The summed E-state index contributed by atoms with van der Waals surface area (Å²) in [7, 11) is 0. The lowest BCUT2D eigenvalue weighted by Crippen LogP contribution is -2.17. The minimum atomic E-state index is -4.77. The van der Waals surface area contributed by atoms with Gasteiger partial charge in [0.2, 0.25) is 0 Å². The van der Waals surface area contributed by atoms with Crippen LogP contribution in [0.4, 0.5) is 17.6 Å². The van der Waals surface area contributed by atoms with Gasteiger partial charge in [0.1, 0.15) is 11.6 Å². The molecule has 2 aromatic carbocycles. The van der Waals surface area contributed by atoms with Gasteiger partial charge in [-0.2, -0.15) is 0 Å². The highest BCUT2D eigenvalue weighted by molar-refractivity contribution is 5.85. The van der Waals surface area contributed by atoms with Crippen LogP contribution >= 0.6 is 0 Å². The Morgan fingerprint density at radius 3 is 2.41 bits per heavy atom. The maximum Gasteiger partial charge on any atom is 0.573 e. The number of hydrogen-bond acceptors (Lipinski definition) is 1. The van der Waals surface area contributed by atoms with E-state index in [4.69, 9.17) is 0 Å². The molecule has 0 heterocycles. The molecule has 1 nitrogen and oxygen atoms in total. The Hall–Kier alpha value is -1.78. The molecule has 0 saturated heterocycles. The third-order valence-electron chi connectivity index (χ3n) is 2.25. The van der Waals surface area contributed by atoms with E-state index in [1.165, 1.54) is 12.1 Å². The van der Waals surface area contributed by atoms with Gasteiger partial charge < -0.3 is 4.74 Å². The lowest BCUT2D eigenvalue weighted by Gasteiger charge is -2.10. The summed E-state index contributed by atoms with van der Waals surface area (Å²) in [4.78, 5) is 0. The second-order valence-corrected chi connectivity index (χ2v) is 3.68. The Bertz CT molecular complexity index is 560. The number of hydrogen-bond donors (Lipinski definition) is 0. The highest BCUT2D eigenvalue weighted by Crippen LogP contribution is 2.28. The van der Waals surface area contributed by atoms with Gasteiger partial charge >= 0.3 is 6.36 Å². The summed E-state index contributed by atoms with van der Waals surface area (Å²) in [5.74, 6) is -0.986. The molecule has 0 aromatic heterocycles. The minimum absolute atomic E-state index is 0.109. The maximum atomic E-state index is 13.5. The SMILES string of the molecule is Cc1cc(F)c2cc(OC(F)(F)F)ccc2c1. The smallest absolute Gasteiger partial charge is 0.406 e. The van der Waals surface area contributed by atoms with Crippen molar-refractivity contribution in [3.8, 4) is 5.75 Å². The van der Waals surface area contributed by atoms with E-state index in [0.717, 1.165) is 12.1 Å². The second-order valence-electron chi connectivity index (χ2n) is 3.68. The van der Waals surface area contributed by atoms with Crippen molar-refractivity contribution in [2.75, 3.05) is 0 Å². The van der Waals surface area contributed by atoms with Gasteiger partial charge in [-0.15, -0.1) is 13.2 Å². The van der Waals surface area contributed by atoms with Gasteiger partial charge in [0.25, 0.3) is 0 Å². The zero-order chi connectivity index (χ0) is 12.6. The van der Waals surface area contributed by atoms with Crippen LogP contribution in [-0.4, -0.2) is 6.36 Å². The maximum absolute atomic E-state index is 13.5. The van der Waals surface area contributed by atoms with E-state index in [-0.39, 0.29) is 5.39 Å². The number of alkyl halides is 3. The molecule has 5 heteroatoms. The molecule has 2 rings (SSSR count). The van der Waals surface area contributed by atoms with E-state index in [9.17, 15) is 17.6 Å². The van der Waals surface area contributed by atoms with Crippen molar-refractivity contribution < 1.29 is 22.3 Å². The molecule has 90 valence electrons. The Kier molecular flexibility index (Phi) is 2.69. The number of benzene rings is 2. The van der Waals surface area contributed by atoms with Gasteiger partial charge in [0.15, 0.2) is 0 Å². The van der Waals surface area contributed by atoms with Gasteiger partial charge in [0, 0.05) is 5.39 Å². The fourth-order valence-electron chi connectivity index (χ4n) is 1.63. The van der Waals surface area contributed by atoms with Crippen molar-refractivity contribution in [2.24, 2.45) is 0 Å². The average Bonchev–Trinajstić information content (AvgIpc) is 2.16. The molecule has 0 fully saturated rings. The molecule has 0 aliphatic carbocycles. The molecule has 0 spiro atoms. The Labute approximate surface area is 94.6 Å². The monoisotopic (exact) mass is 244 g/mol. The quantitative estimate of drug-likeness (QED) is 0.683. The van der Waals surface area contributed by atoms with Crippen LogP contribution in [-0.2, 0) is 0 Å². The zero-order valence-corrected chi connectivity index (χ0v) is 8.81. The molecule has 0 unspecified atom stereocenters. The van der Waals surface area contributed by atoms with Gasteiger partial charge in [-0.05, 0) is 36.1 Å². The molecule has 0 N–H and O–H groups in total. The fourth-order valence-corrected chi connectivity index (χ4v) is 1.63. The summed E-state index contributed by atoms with van der Waals surface area (Å²) >= 11 is 0. The Balaban J connectivity index is 2.51. The van der Waals surface area contributed by atoms with Crippen LogP contribution in [0.15, 0.2) is 30.3 Å². The Morgan fingerprint density at radius 1 is 1.06 bits per heavy atom. The third-order valence-corrected chi connectivity index (χ3v) is 2.25. The summed E-state index contributed by atoms with van der Waals surface area (Å²) in [6.45, 7) is 1.71. The molecule has 0 radical (unpaired) electrons. The first-order chi connectivity index (χ1) is 7.85. The van der Waals surface area contributed by atoms with Crippen molar-refractivity contribution in [2.45, 2.75) is 13.3 Å². The van der Waals surface area contributed by atoms with Crippen LogP contribution in [0.25, 0.3) is 10.8 Å². The van der Waals surface area contributed by atoms with Crippen molar-refractivity contribution in [3.63, 3.8) is 0 Å². The van der Waals surface area contributed by atoms with E-state index >= 15 is 0 Å². The lowest BCUT2D eigenvalue weighted by atomic mass is 10.1. The molecule has 2 aromatic rings. The van der Waals surface area contributed by atoms with Crippen LogP contribution in [0.2, 0.25) is 0 Å². The Morgan fingerprint density at radius 2 is 1.76 bits per heavy atom. The summed E-state index contributed by atoms with van der Waals surface area (Å²) in [5, 5.41) is 0.648. The average molecular weight is 244 g/mol. The fraction of sp³-hybridized carbons (Fsp3) is 0.167. The molecular formula is C12H8F4O. The number of fused-ring (bicyclic) bond motifs is 1. The summed E-state index contributed by atoms with van der Waals surface area (Å²) in [5.41, 5.74) is 0.708. The molecule has 17 heavy (non-hydrogen) atoms. The highest BCUT2D eigenvalue weighted by Gasteiger charge is 2.31. The number of aryl methyl sites for hydroxylation is 1. The molecule has 0 saturated carbocycles. The molecule has 0 aliphatic heterocycles. The molecular weight excluding hydrogens is 236 g/mol. The van der Waals surface area contributed by atoms with E-state index < -0.39 is 17.9 Å². The third kappa shape index (κ3) is 2.67. The number of ether oxygens (including phenoxy) is 1. The normalized spacial score (nSPS) is 11.8. The summed E-state index contributed by atoms with van der Waals surface area (Å²) in [6, 6.07) is 6.55. The lowest BCUT2D eigenvalue weighted by molar-refractivity contribution is -0.274. The molecule has 0 atom stereocenters. The first-order valence-electron chi connectivity index (χ1n) is 4.81. The summed E-state index contributed by atoms with van der Waals surface area (Å²) < 4.78 is 53.2. The van der Waals surface area contributed by atoms with E-state index in [1.807, 2.05) is 0 Å². The van der Waals surface area contributed by atoms with Crippen LogP contribution < -0.4 is 4.74 Å². The predicted octanol–water partition coefficient (Wildman–Crippen LogP) is 4.19. The summed E-state index contributed by atoms with van der Waals surface area (Å²) in [6.07, 6.45) is -4.77. The van der Waals surface area contributed by atoms with Crippen LogP contribution in [0.1, 0.15) is 5.56 Å². The van der Waals surface area contributed by atoms with Crippen LogP contribution in [0.5, 0.6) is 5.75 Å². The van der Waals surface area contributed by atoms with Crippen molar-refractivity contribution in [1.82, 2.24) is 0 Å². The van der Waals surface area contributed by atoms with Gasteiger partial charge in [-0.25, -0.2) is 4.39 Å². The number of rotatable bonds is 1. The molecule has 0 amide bonds. The molecule has 0 aliphatic rings. The topological polar surface area (TPSA) is 9.23 Å². The predicted molar refractivity (Wildman–Crippen MR) is 55.3 cm³/mol. The first kappa shape index (κ1) is 11.7. The van der Waals surface area contributed by atoms with Crippen molar-refractivity contribution >= 4 is 10.8 Å². The molecule has 0 bridgehead atoms. The van der Waals surface area contributed by atoms with Crippen molar-refractivity contribution in [3.05, 3.63) is 41.7 Å². The standard InChI is InChI=1S/C12H8F4O/c1-7-4-8-2-3-9(17-12(14,15)16)6-10(8)11(13)5-7/h2-6H,1H3. The first-order valence-corrected chi connectivity index (χ1v) is 4.81. The van der Waals surface area contributed by atoms with Crippen LogP contribution in [0, 0.1) is 12.7 Å². The van der Waals surface area contributed by atoms with Gasteiger partial charge in [0.05, 0.1) is 0 Å². The van der Waals surface area contributed by atoms with Crippen LogP contribution in [0.3, 0.4) is 0 Å². The highest BCUT2D eigenvalue weighted by atomic mass is 19.4. The van der Waals surface area contributed by atoms with E-state index in [2.05, 4.69) is 4.74 Å². The van der Waals surface area contributed by atoms with E-state index in [0.29, 0.717) is 10.9 Å². The largest absolute Gasteiger partial charge is 0.573 e. The van der Waals surface area contributed by atoms with Gasteiger partial charge in [-0.3, -0.25) is 0 Å². The number of halogens is 4. The van der Waals surface area contributed by atoms with Gasteiger partial charge in [-0.1, -0.05) is 12.1 Å². The minimum Gasteiger partial charge on any atom is -0.406 e. The second kappa shape index (κ2) is 3.91. The van der Waals surface area contributed by atoms with Crippen molar-refractivity contribution in [1.29, 1.82) is 0 Å².